The van der Waals surface area contributed by atoms with Crippen LogP contribution >= 0.6 is 0 Å². The topological polar surface area (TPSA) is 12.0 Å². The number of rotatable bonds is 3. The Morgan fingerprint density at radius 2 is 2.12 bits per heavy atom. The second-order valence-corrected chi connectivity index (χ2v) is 5.09. The molecule has 1 atom stereocenters. The molecule has 0 spiro atoms. The minimum Gasteiger partial charge on any atom is -0.316 e. The monoisotopic (exact) mass is 239 g/mol. The summed E-state index contributed by atoms with van der Waals surface area (Å²) in [7, 11) is 0. The van der Waals surface area contributed by atoms with Crippen LogP contribution in [0.25, 0.3) is 0 Å². The van der Waals surface area contributed by atoms with Crippen LogP contribution < -0.4 is 5.32 Å². The lowest BCUT2D eigenvalue weighted by molar-refractivity contribution is -0.0514. The van der Waals surface area contributed by atoms with Crippen LogP contribution in [0, 0.1) is 5.92 Å². The molecule has 0 amide bonds. The molecule has 0 aromatic heterocycles. The molecule has 17 heavy (non-hydrogen) atoms. The van der Waals surface area contributed by atoms with Crippen LogP contribution in [0.4, 0.5) is 8.78 Å². The van der Waals surface area contributed by atoms with Gasteiger partial charge in [-0.25, -0.2) is 8.78 Å². The molecule has 3 heteroatoms. The summed E-state index contributed by atoms with van der Waals surface area (Å²) in [6, 6.07) is 6.92. The highest BCUT2D eigenvalue weighted by molar-refractivity contribution is 5.30. The molecule has 1 unspecified atom stereocenters. The molecule has 1 aliphatic heterocycles. The Balaban J connectivity index is 2.27. The van der Waals surface area contributed by atoms with Crippen LogP contribution in [-0.4, -0.2) is 13.1 Å². The van der Waals surface area contributed by atoms with E-state index in [0.717, 1.165) is 25.1 Å². The van der Waals surface area contributed by atoms with E-state index >= 15 is 0 Å². The quantitative estimate of drug-likeness (QED) is 0.851. The van der Waals surface area contributed by atoms with E-state index in [1.165, 1.54) is 6.07 Å². The van der Waals surface area contributed by atoms with Gasteiger partial charge in [0.1, 0.15) is 0 Å². The first-order chi connectivity index (χ1) is 8.01. The number of halogens is 2. The molecule has 1 aromatic carbocycles. The fraction of sp³-hybridized carbons (Fsp3) is 0.571. The first-order valence-electron chi connectivity index (χ1n) is 6.20. The molecule has 0 aliphatic carbocycles. The molecule has 2 rings (SSSR count). The zero-order chi connectivity index (χ0) is 12.5. The number of nitrogens with one attached hydrogen (secondary N) is 1. The average Bonchev–Trinajstić information content (AvgIpc) is 2.82. The van der Waals surface area contributed by atoms with Crippen molar-refractivity contribution < 1.29 is 8.78 Å². The largest absolute Gasteiger partial charge is 0.316 e. The van der Waals surface area contributed by atoms with Crippen LogP contribution in [0.1, 0.15) is 37.3 Å². The van der Waals surface area contributed by atoms with Crippen molar-refractivity contribution in [1.82, 2.24) is 5.32 Å². The Morgan fingerprint density at radius 3 is 2.71 bits per heavy atom. The summed E-state index contributed by atoms with van der Waals surface area (Å²) in [6.07, 6.45) is 1.04. The molecule has 1 aliphatic rings. The highest BCUT2D eigenvalue weighted by atomic mass is 19.3. The van der Waals surface area contributed by atoms with Gasteiger partial charge in [0.25, 0.3) is 5.92 Å². The minimum absolute atomic E-state index is 0.150. The predicted octanol–water partition coefficient (Wildman–Crippen LogP) is 3.51. The molecule has 1 saturated heterocycles. The van der Waals surface area contributed by atoms with E-state index in [0.29, 0.717) is 5.92 Å². The van der Waals surface area contributed by atoms with E-state index in [-0.39, 0.29) is 5.56 Å². The number of hydrogen-bond acceptors (Lipinski definition) is 1. The van der Waals surface area contributed by atoms with Crippen molar-refractivity contribution in [2.75, 3.05) is 13.1 Å². The molecule has 0 radical (unpaired) electrons. The lowest BCUT2D eigenvalue weighted by atomic mass is 9.92. The third-order valence-electron chi connectivity index (χ3n) is 3.53. The smallest absolute Gasteiger partial charge is 0.275 e. The van der Waals surface area contributed by atoms with Crippen LogP contribution in [0.3, 0.4) is 0 Å². The fourth-order valence-electron chi connectivity index (χ4n) is 2.27. The van der Waals surface area contributed by atoms with E-state index in [1.807, 2.05) is 6.07 Å². The van der Waals surface area contributed by atoms with Crippen molar-refractivity contribution in [3.63, 3.8) is 0 Å². The molecular formula is C14H19F2N. The van der Waals surface area contributed by atoms with Crippen molar-refractivity contribution in [2.24, 2.45) is 5.92 Å². The maximum absolute atomic E-state index is 13.9. The Labute approximate surface area is 101 Å². The minimum atomic E-state index is -2.73. The van der Waals surface area contributed by atoms with Crippen LogP contribution in [0.2, 0.25) is 0 Å². The van der Waals surface area contributed by atoms with Crippen LogP contribution in [-0.2, 0) is 5.92 Å². The maximum Gasteiger partial charge on any atom is 0.275 e. The second-order valence-electron chi connectivity index (χ2n) is 5.09. The molecule has 0 saturated carbocycles. The Morgan fingerprint density at radius 1 is 1.35 bits per heavy atom. The zero-order valence-corrected chi connectivity index (χ0v) is 10.3. The Bertz CT molecular complexity index is 382. The third kappa shape index (κ3) is 2.49. The normalized spacial score (nSPS) is 21.1. The number of benzene rings is 1. The van der Waals surface area contributed by atoms with Crippen molar-refractivity contribution in [1.29, 1.82) is 0 Å². The highest BCUT2D eigenvalue weighted by Crippen LogP contribution is 2.37. The van der Waals surface area contributed by atoms with E-state index in [9.17, 15) is 8.78 Å². The zero-order valence-electron chi connectivity index (χ0n) is 10.3. The van der Waals surface area contributed by atoms with Gasteiger partial charge in [-0.3, -0.25) is 0 Å². The summed E-state index contributed by atoms with van der Waals surface area (Å²) >= 11 is 0. The molecule has 1 heterocycles. The number of alkyl halides is 2. The van der Waals surface area contributed by atoms with Crippen molar-refractivity contribution in [2.45, 2.75) is 32.1 Å². The van der Waals surface area contributed by atoms with Gasteiger partial charge in [-0.15, -0.1) is 0 Å². The van der Waals surface area contributed by atoms with Gasteiger partial charge in [-0.2, -0.15) is 0 Å². The number of hydrogen-bond donors (Lipinski definition) is 1. The molecule has 1 nitrogen and oxygen atoms in total. The molecule has 0 bridgehead atoms. The molecule has 1 fully saturated rings. The molecule has 1 aromatic rings. The van der Waals surface area contributed by atoms with Crippen molar-refractivity contribution in [3.05, 3.63) is 35.4 Å². The Kier molecular flexibility index (Phi) is 3.48. The highest BCUT2D eigenvalue weighted by Gasteiger charge is 2.35. The van der Waals surface area contributed by atoms with E-state index in [4.69, 9.17) is 0 Å². The van der Waals surface area contributed by atoms with Gasteiger partial charge in [0.2, 0.25) is 0 Å². The lowest BCUT2D eigenvalue weighted by Crippen LogP contribution is -2.21. The van der Waals surface area contributed by atoms with E-state index in [1.54, 1.807) is 26.0 Å². The first kappa shape index (κ1) is 12.5. The predicted molar refractivity (Wildman–Crippen MR) is 65.4 cm³/mol. The summed E-state index contributed by atoms with van der Waals surface area (Å²) in [5, 5.41) is 3.26. The summed E-state index contributed by atoms with van der Waals surface area (Å²) in [6.45, 7) is 5.00. The maximum atomic E-state index is 13.9. The van der Waals surface area contributed by atoms with Crippen molar-refractivity contribution in [3.8, 4) is 0 Å². The fourth-order valence-corrected chi connectivity index (χ4v) is 2.27. The molecule has 94 valence electrons. The van der Waals surface area contributed by atoms with Gasteiger partial charge < -0.3 is 5.32 Å². The second kappa shape index (κ2) is 4.73. The SMILES string of the molecule is CC(C)C(F)(F)c1cccc(C2CCNC2)c1. The van der Waals surface area contributed by atoms with Gasteiger partial charge in [0, 0.05) is 18.0 Å². The third-order valence-corrected chi connectivity index (χ3v) is 3.53. The molecular weight excluding hydrogens is 220 g/mol. The lowest BCUT2D eigenvalue weighted by Gasteiger charge is -2.22. The summed E-state index contributed by atoms with van der Waals surface area (Å²) in [5.74, 6) is -3.01. The van der Waals surface area contributed by atoms with E-state index < -0.39 is 11.8 Å². The standard InChI is InChI=1S/C14H19F2N/c1-10(2)14(15,16)13-5-3-4-11(8-13)12-6-7-17-9-12/h3-5,8,10,12,17H,6-7,9H2,1-2H3. The van der Waals surface area contributed by atoms with Gasteiger partial charge in [-0.1, -0.05) is 32.0 Å². The van der Waals surface area contributed by atoms with Crippen LogP contribution in [0.5, 0.6) is 0 Å². The first-order valence-corrected chi connectivity index (χ1v) is 6.20. The average molecular weight is 239 g/mol. The summed E-state index contributed by atoms with van der Waals surface area (Å²) < 4.78 is 27.9. The Hall–Kier alpha value is -0.960. The van der Waals surface area contributed by atoms with Gasteiger partial charge in [0.15, 0.2) is 0 Å². The van der Waals surface area contributed by atoms with Crippen molar-refractivity contribution >= 4 is 0 Å². The van der Waals surface area contributed by atoms with E-state index in [2.05, 4.69) is 5.32 Å². The van der Waals surface area contributed by atoms with Gasteiger partial charge in [-0.05, 0) is 30.5 Å². The van der Waals surface area contributed by atoms with Crippen LogP contribution in [0.15, 0.2) is 24.3 Å². The molecule has 1 N–H and O–H groups in total. The van der Waals surface area contributed by atoms with Gasteiger partial charge >= 0.3 is 0 Å². The summed E-state index contributed by atoms with van der Waals surface area (Å²) in [5.41, 5.74) is 1.18. The van der Waals surface area contributed by atoms with Gasteiger partial charge in [0.05, 0.1) is 0 Å². The summed E-state index contributed by atoms with van der Waals surface area (Å²) in [4.78, 5) is 0.